The number of nitrogens with zero attached hydrogens (tertiary/aromatic N) is 1. The van der Waals surface area contributed by atoms with Gasteiger partial charge < -0.3 is 14.5 Å². The van der Waals surface area contributed by atoms with Crippen molar-refractivity contribution >= 4 is 34.0 Å². The average Bonchev–Trinajstić information content (AvgIpc) is 3.39. The quantitative estimate of drug-likeness (QED) is 0.312. The van der Waals surface area contributed by atoms with E-state index in [1.54, 1.807) is 48.5 Å². The van der Waals surface area contributed by atoms with Crippen LogP contribution in [-0.4, -0.2) is 38.3 Å². The number of esters is 1. The molecule has 11 heteroatoms. The van der Waals surface area contributed by atoms with E-state index < -0.39 is 27.9 Å². The van der Waals surface area contributed by atoms with Gasteiger partial charge >= 0.3 is 12.0 Å². The second-order valence-corrected chi connectivity index (χ2v) is 8.86. The fourth-order valence-electron chi connectivity index (χ4n) is 3.39. The van der Waals surface area contributed by atoms with Crippen LogP contribution in [0.25, 0.3) is 17.4 Å². The van der Waals surface area contributed by atoms with Gasteiger partial charge in [0.15, 0.2) is 0 Å². The number of benzene rings is 2. The van der Waals surface area contributed by atoms with Crippen molar-refractivity contribution in [1.29, 1.82) is 0 Å². The minimum Gasteiger partial charge on any atom is -0.465 e. The highest BCUT2D eigenvalue weighted by Crippen LogP contribution is 2.26. The van der Waals surface area contributed by atoms with Crippen molar-refractivity contribution in [1.82, 2.24) is 10.2 Å². The summed E-state index contributed by atoms with van der Waals surface area (Å²) in [4.78, 5) is 38.2. The lowest BCUT2D eigenvalue weighted by molar-refractivity contribution is -0.123. The first-order chi connectivity index (χ1) is 16.2. The van der Waals surface area contributed by atoms with Gasteiger partial charge in [-0.2, -0.15) is 0 Å². The predicted octanol–water partition coefficient (Wildman–Crippen LogP) is 2.47. The van der Waals surface area contributed by atoms with Gasteiger partial charge in [0.1, 0.15) is 17.2 Å². The van der Waals surface area contributed by atoms with Crippen molar-refractivity contribution in [2.75, 3.05) is 7.11 Å². The predicted molar refractivity (Wildman–Crippen MR) is 120 cm³/mol. The summed E-state index contributed by atoms with van der Waals surface area (Å²) >= 11 is 0. The number of hydrogen-bond donors (Lipinski definition) is 2. The van der Waals surface area contributed by atoms with Gasteiger partial charge in [-0.25, -0.2) is 23.1 Å². The Labute approximate surface area is 194 Å². The molecule has 2 aromatic carbocycles. The monoisotopic (exact) mass is 481 g/mol. The number of furan rings is 1. The third kappa shape index (κ3) is 4.60. The zero-order chi connectivity index (χ0) is 24.5. The molecule has 0 saturated carbocycles. The molecule has 2 heterocycles. The molecule has 1 aliphatic heterocycles. The van der Waals surface area contributed by atoms with Gasteiger partial charge in [0, 0.05) is 11.6 Å². The topological polar surface area (TPSA) is 149 Å². The van der Waals surface area contributed by atoms with Crippen LogP contribution in [0.3, 0.4) is 0 Å². The zero-order valence-electron chi connectivity index (χ0n) is 17.8. The van der Waals surface area contributed by atoms with Crippen molar-refractivity contribution < 1.29 is 32.0 Å². The first-order valence-electron chi connectivity index (χ1n) is 9.91. The second kappa shape index (κ2) is 8.96. The summed E-state index contributed by atoms with van der Waals surface area (Å²) in [5, 5.41) is 7.60. The van der Waals surface area contributed by atoms with E-state index in [4.69, 9.17) is 14.3 Å². The van der Waals surface area contributed by atoms with E-state index in [0.29, 0.717) is 22.6 Å². The number of primary sulfonamides is 1. The summed E-state index contributed by atoms with van der Waals surface area (Å²) in [6.07, 6.45) is 1.38. The molecule has 174 valence electrons. The molecule has 0 radical (unpaired) electrons. The van der Waals surface area contributed by atoms with Crippen LogP contribution in [0.1, 0.15) is 21.7 Å². The Morgan fingerprint density at radius 3 is 2.47 bits per heavy atom. The van der Waals surface area contributed by atoms with Gasteiger partial charge in [-0.05, 0) is 48.0 Å². The van der Waals surface area contributed by atoms with Gasteiger partial charge in [0.05, 0.1) is 24.1 Å². The molecule has 34 heavy (non-hydrogen) atoms. The van der Waals surface area contributed by atoms with Crippen LogP contribution >= 0.6 is 0 Å². The first kappa shape index (κ1) is 23.0. The second-order valence-electron chi connectivity index (χ2n) is 7.30. The summed E-state index contributed by atoms with van der Waals surface area (Å²) in [6.45, 7) is -0.118. The summed E-state index contributed by atoms with van der Waals surface area (Å²) in [5.41, 5.74) is 1.32. The Balaban J connectivity index is 1.54. The van der Waals surface area contributed by atoms with E-state index in [-0.39, 0.29) is 22.7 Å². The van der Waals surface area contributed by atoms with Crippen LogP contribution in [0.2, 0.25) is 0 Å². The van der Waals surface area contributed by atoms with Gasteiger partial charge in [0.25, 0.3) is 5.91 Å². The van der Waals surface area contributed by atoms with E-state index in [9.17, 15) is 22.8 Å². The number of carbonyl (C=O) groups is 3. The lowest BCUT2D eigenvalue weighted by Crippen LogP contribution is -2.31. The Morgan fingerprint density at radius 1 is 1.09 bits per heavy atom. The van der Waals surface area contributed by atoms with Crippen LogP contribution in [0, 0.1) is 0 Å². The van der Waals surface area contributed by atoms with E-state index in [1.807, 2.05) is 0 Å². The molecule has 3 amide bonds. The van der Waals surface area contributed by atoms with E-state index in [0.717, 1.165) is 4.90 Å². The van der Waals surface area contributed by atoms with Crippen LogP contribution in [-0.2, 0) is 26.1 Å². The van der Waals surface area contributed by atoms with Crippen LogP contribution in [0.15, 0.2) is 75.7 Å². The maximum Gasteiger partial charge on any atom is 0.338 e. The number of hydrogen-bond acceptors (Lipinski definition) is 7. The molecule has 3 aromatic rings. The normalized spacial score (nSPS) is 15.0. The zero-order valence-corrected chi connectivity index (χ0v) is 18.7. The number of nitrogens with one attached hydrogen (secondary N) is 1. The minimum absolute atomic E-state index is 0.00558. The van der Waals surface area contributed by atoms with Gasteiger partial charge in [-0.15, -0.1) is 0 Å². The molecule has 0 aliphatic carbocycles. The number of sulfonamides is 1. The largest absolute Gasteiger partial charge is 0.465 e. The van der Waals surface area contributed by atoms with Gasteiger partial charge in [-0.1, -0.05) is 18.2 Å². The fraction of sp³-hybridized carbons (Fsp3) is 0.0870. The number of carbonyl (C=O) groups excluding carboxylic acids is 3. The van der Waals surface area contributed by atoms with Crippen LogP contribution < -0.4 is 10.5 Å². The van der Waals surface area contributed by atoms with Crippen molar-refractivity contribution in [2.45, 2.75) is 11.4 Å². The van der Waals surface area contributed by atoms with Crippen molar-refractivity contribution in [3.63, 3.8) is 0 Å². The number of imide groups is 1. The molecule has 0 spiro atoms. The maximum atomic E-state index is 12.8. The van der Waals surface area contributed by atoms with Gasteiger partial charge in [-0.3, -0.25) is 9.69 Å². The highest BCUT2D eigenvalue weighted by molar-refractivity contribution is 7.89. The third-order valence-electron chi connectivity index (χ3n) is 5.09. The van der Waals surface area contributed by atoms with E-state index >= 15 is 0 Å². The highest BCUT2D eigenvalue weighted by Gasteiger charge is 2.34. The molecular weight excluding hydrogens is 462 g/mol. The Bertz CT molecular complexity index is 1420. The van der Waals surface area contributed by atoms with Crippen molar-refractivity contribution in [2.24, 2.45) is 5.14 Å². The molecule has 1 aromatic heterocycles. The number of ether oxygens (including phenoxy) is 1. The van der Waals surface area contributed by atoms with Crippen LogP contribution in [0.4, 0.5) is 4.79 Å². The molecule has 0 unspecified atom stereocenters. The summed E-state index contributed by atoms with van der Waals surface area (Å²) in [7, 11) is -2.56. The standard InChI is InChI=1S/C23H19N3O7S/c1-32-22(28)18-5-3-2-4-15(18)13-26-21(27)19(25-23(26)29)12-16-8-11-20(33-16)14-6-9-17(10-7-14)34(24,30)31/h2-12H,13H2,1H3,(H,25,29)(H2,24,30,31)/b19-12+. The number of urea groups is 1. The Hall–Kier alpha value is -4.22. The molecule has 1 aliphatic rings. The van der Waals surface area contributed by atoms with E-state index in [1.165, 1.54) is 25.3 Å². The summed E-state index contributed by atoms with van der Waals surface area (Å²) in [5.74, 6) is -0.432. The van der Waals surface area contributed by atoms with Crippen LogP contribution in [0.5, 0.6) is 0 Å². The molecule has 4 rings (SSSR count). The number of rotatable bonds is 6. The minimum atomic E-state index is -3.81. The van der Waals surface area contributed by atoms with Crippen molar-refractivity contribution in [3.05, 3.63) is 83.2 Å². The summed E-state index contributed by atoms with van der Waals surface area (Å²) in [6, 6.07) is 14.9. The molecule has 0 bridgehead atoms. The molecule has 10 nitrogen and oxygen atoms in total. The smallest absolute Gasteiger partial charge is 0.338 e. The molecule has 1 saturated heterocycles. The Morgan fingerprint density at radius 2 is 1.79 bits per heavy atom. The lowest BCUT2D eigenvalue weighted by atomic mass is 10.1. The van der Waals surface area contributed by atoms with Gasteiger partial charge in [0.2, 0.25) is 10.0 Å². The molecule has 0 atom stereocenters. The molecular formula is C23H19N3O7S. The highest BCUT2D eigenvalue weighted by atomic mass is 32.2. The Kier molecular flexibility index (Phi) is 6.05. The maximum absolute atomic E-state index is 12.8. The third-order valence-corrected chi connectivity index (χ3v) is 6.02. The average molecular weight is 481 g/mol. The fourth-order valence-corrected chi connectivity index (χ4v) is 3.90. The van der Waals surface area contributed by atoms with E-state index in [2.05, 4.69) is 5.32 Å². The number of methoxy groups -OCH3 is 1. The lowest BCUT2D eigenvalue weighted by Gasteiger charge is -2.14. The SMILES string of the molecule is COC(=O)c1ccccc1CN1C(=O)N/C(=C/c2ccc(-c3ccc(S(N)(=O)=O)cc3)o2)C1=O. The van der Waals surface area contributed by atoms with Crippen molar-refractivity contribution in [3.8, 4) is 11.3 Å². The first-order valence-corrected chi connectivity index (χ1v) is 11.5. The summed E-state index contributed by atoms with van der Waals surface area (Å²) < 4.78 is 33.3. The molecule has 1 fully saturated rings. The number of nitrogens with two attached hydrogens (primary N) is 1. The molecule has 3 N–H and O–H groups in total. The number of amides is 3.